The van der Waals surface area contributed by atoms with Crippen molar-refractivity contribution in [3.05, 3.63) is 153 Å². The first-order chi connectivity index (χ1) is 36.2. The maximum atomic E-state index is 14.9. The van der Waals surface area contributed by atoms with Gasteiger partial charge in [0.15, 0.2) is 0 Å². The molecule has 0 spiro atoms. The lowest BCUT2D eigenvalue weighted by atomic mass is 9.92. The molecule has 3 aliphatic heterocycles. The van der Waals surface area contributed by atoms with Crippen LogP contribution in [0.5, 0.6) is 0 Å². The first-order valence-corrected chi connectivity index (χ1v) is 24.4. The van der Waals surface area contributed by atoms with Crippen LogP contribution in [0.25, 0.3) is 0 Å². The third-order valence-corrected chi connectivity index (χ3v) is 13.6. The molecule has 400 valence electrons. The Morgan fingerprint density at radius 3 is 1.33 bits per heavy atom. The predicted octanol–water partition coefficient (Wildman–Crippen LogP) is 9.57. The maximum Gasteiger partial charge on any atom is 0.416 e. The van der Waals surface area contributed by atoms with Gasteiger partial charge in [-0.05, 0) is 99.5 Å². The van der Waals surface area contributed by atoms with Gasteiger partial charge in [-0.2, -0.15) is 36.9 Å². The monoisotopic (exact) mass is 1060 g/mol. The molecular weight excluding hydrogens is 1000 g/mol. The number of esters is 2. The van der Waals surface area contributed by atoms with Crippen LogP contribution in [-0.2, 0) is 36.2 Å². The molecule has 4 aromatic rings. The Bertz CT molecular complexity index is 2750. The Hall–Kier alpha value is -8.17. The van der Waals surface area contributed by atoms with E-state index < -0.39 is 66.0 Å². The van der Waals surface area contributed by atoms with Gasteiger partial charge in [0.25, 0.3) is 0 Å². The molecule has 0 N–H and O–H groups in total. The van der Waals surface area contributed by atoms with Gasteiger partial charge < -0.3 is 33.7 Å². The van der Waals surface area contributed by atoms with Crippen molar-refractivity contribution in [3.63, 3.8) is 0 Å². The van der Waals surface area contributed by atoms with E-state index in [-0.39, 0.29) is 60.2 Å². The number of nitriles is 2. The molecule has 15 nitrogen and oxygen atoms in total. The third kappa shape index (κ3) is 12.5. The van der Waals surface area contributed by atoms with Gasteiger partial charge in [0.1, 0.15) is 0 Å². The highest BCUT2D eigenvalue weighted by Gasteiger charge is 2.46. The predicted molar refractivity (Wildman–Crippen MR) is 263 cm³/mol. The molecule has 4 amide bonds. The van der Waals surface area contributed by atoms with Gasteiger partial charge in [-0.1, -0.05) is 36.4 Å². The summed E-state index contributed by atoms with van der Waals surface area (Å²) in [6.07, 6.45) is -7.08. The number of alkyl halides is 6. The normalized spacial score (nSPS) is 17.7. The van der Waals surface area contributed by atoms with E-state index in [1.165, 1.54) is 47.9 Å². The fourth-order valence-corrected chi connectivity index (χ4v) is 10.2. The van der Waals surface area contributed by atoms with Gasteiger partial charge in [-0.3, -0.25) is 9.80 Å². The molecule has 0 radical (unpaired) electrons. The van der Waals surface area contributed by atoms with Crippen molar-refractivity contribution < 1.29 is 69.4 Å². The zero-order valence-electron chi connectivity index (χ0n) is 42.1. The second-order valence-corrected chi connectivity index (χ2v) is 18.2. The van der Waals surface area contributed by atoms with Crippen molar-refractivity contribution in [3.8, 4) is 12.1 Å². The Labute approximate surface area is 435 Å². The molecule has 0 aliphatic carbocycles. The van der Waals surface area contributed by atoms with Crippen LogP contribution in [0.1, 0.15) is 98.8 Å². The van der Waals surface area contributed by atoms with Crippen LogP contribution in [0.3, 0.4) is 0 Å². The van der Waals surface area contributed by atoms with Crippen LogP contribution in [0, 0.1) is 22.7 Å². The van der Waals surface area contributed by atoms with Gasteiger partial charge in [-0.25, -0.2) is 19.2 Å². The van der Waals surface area contributed by atoms with E-state index in [0.717, 1.165) is 46.9 Å². The summed E-state index contributed by atoms with van der Waals surface area (Å²) in [5.41, 5.74) is -0.419. The molecule has 3 aliphatic rings. The smallest absolute Gasteiger partial charge is 0.416 e. The van der Waals surface area contributed by atoms with Crippen molar-refractivity contribution in [1.29, 1.82) is 10.5 Å². The molecular formula is C55H55F6N7O8. The Morgan fingerprint density at radius 1 is 0.658 bits per heavy atom. The number of anilines is 2. The number of carboxylic acid groups (broad SMARTS) is 1. The lowest BCUT2D eigenvalue weighted by molar-refractivity contribution is -0.917. The molecule has 76 heavy (non-hydrogen) atoms. The van der Waals surface area contributed by atoms with Gasteiger partial charge in [0.2, 0.25) is 0 Å². The van der Waals surface area contributed by atoms with E-state index in [2.05, 4.69) is 12.1 Å². The van der Waals surface area contributed by atoms with Gasteiger partial charge in [-0.15, -0.1) is 0 Å². The first-order valence-electron chi connectivity index (χ1n) is 24.4. The summed E-state index contributed by atoms with van der Waals surface area (Å²) in [7, 11) is 0. The molecule has 2 atom stereocenters. The minimum absolute atomic E-state index is 0.0272. The fourth-order valence-electron chi connectivity index (χ4n) is 10.2. The number of rotatable bonds is 16. The maximum absolute atomic E-state index is 14.9. The second kappa shape index (κ2) is 24.5. The summed E-state index contributed by atoms with van der Waals surface area (Å²) in [5.74, 6) is -1.55. The number of benzene rings is 4. The number of quaternary nitrogens is 1. The van der Waals surface area contributed by atoms with Gasteiger partial charge in [0, 0.05) is 56.6 Å². The summed E-state index contributed by atoms with van der Waals surface area (Å²) in [4.78, 5) is 71.1. The number of carbonyl (C=O) groups is 5. The lowest BCUT2D eigenvalue weighted by Gasteiger charge is -2.44. The van der Waals surface area contributed by atoms with Crippen LogP contribution in [0.15, 0.2) is 120 Å². The summed E-state index contributed by atoms with van der Waals surface area (Å²) < 4.78 is 95.9. The number of urea groups is 2. The molecule has 0 bridgehead atoms. The van der Waals surface area contributed by atoms with Crippen LogP contribution in [0.4, 0.5) is 47.3 Å². The lowest BCUT2D eigenvalue weighted by Crippen LogP contribution is -2.54. The van der Waals surface area contributed by atoms with E-state index in [0.29, 0.717) is 65.8 Å². The standard InChI is InChI=1S/C54H54F6N7O6.CH2O2/c1-5-72-49(68)45-35(3)65(43-15-9-13-41(31-43)53(55,56)57)51(70)63(47(45)39-21-17-37(33-61)18-22-39)25-11-29-67(27-7-8-28-67)30-12-26-64-48(40-23-19-38(34-62)20-24-40)46(50(69)73-6-2)36(4)66(52(64)71)44-16-10-14-42(32-44)54(58,59)60;2-1-3/h9-10,13-24,31-32,47-48H,5-8,11-12,25-30H2,1-4H3;1H,(H,2,3)/q+1;/p-1/t47-,48-;/m1./s1. The van der Waals surface area contributed by atoms with Crippen molar-refractivity contribution in [2.75, 3.05) is 62.3 Å². The number of ether oxygens (including phenoxy) is 2. The van der Waals surface area contributed by atoms with E-state index in [9.17, 15) is 56.0 Å². The molecule has 21 heteroatoms. The summed E-state index contributed by atoms with van der Waals surface area (Å²) >= 11 is 0. The number of halogens is 6. The van der Waals surface area contributed by atoms with E-state index in [1.807, 2.05) is 0 Å². The molecule has 1 saturated heterocycles. The SMILES string of the molecule is CCOC(=O)C1=C(C)N(c2cccc(C(F)(F)F)c2)C(=O)N(CCC[N+]2(CCCN3C(=O)N(c4cccc(C(F)(F)F)c4)C(C)=C(C(=O)OCC)[C@H]3c3ccc(C#N)cc3)CCCC2)[C@@H]1c1ccc(C#N)cc1.O=C[O-]. The minimum Gasteiger partial charge on any atom is -0.554 e. The molecule has 0 saturated carbocycles. The summed E-state index contributed by atoms with van der Waals surface area (Å²) in [5, 5.41) is 27.4. The first kappa shape index (κ1) is 57.1. The number of amides is 4. The number of hydrogen-bond acceptors (Lipinski definition) is 10. The van der Waals surface area contributed by atoms with Crippen molar-refractivity contribution >= 4 is 41.8 Å². The topological polar surface area (TPSA) is 187 Å². The number of likely N-dealkylation sites (tertiary alicyclic amines) is 1. The quantitative estimate of drug-likeness (QED) is 0.0453. The molecule has 4 aromatic carbocycles. The zero-order valence-corrected chi connectivity index (χ0v) is 42.1. The van der Waals surface area contributed by atoms with Crippen LogP contribution in [-0.4, -0.2) is 97.2 Å². The van der Waals surface area contributed by atoms with Crippen molar-refractivity contribution in [1.82, 2.24) is 9.80 Å². The summed E-state index contributed by atoms with van der Waals surface area (Å²) in [6.45, 7) is 8.07. The molecule has 3 heterocycles. The zero-order chi connectivity index (χ0) is 55.5. The highest BCUT2D eigenvalue weighted by molar-refractivity contribution is 6.04. The van der Waals surface area contributed by atoms with E-state index >= 15 is 0 Å². The average Bonchev–Trinajstić information content (AvgIpc) is 3.86. The number of nitrogens with zero attached hydrogens (tertiary/aromatic N) is 7. The largest absolute Gasteiger partial charge is 0.554 e. The van der Waals surface area contributed by atoms with Crippen molar-refractivity contribution in [2.24, 2.45) is 0 Å². The molecule has 1 fully saturated rings. The van der Waals surface area contributed by atoms with Gasteiger partial charge in [0.05, 0.1) is 108 Å². The number of allylic oxidation sites excluding steroid dienone is 2. The highest BCUT2D eigenvalue weighted by atomic mass is 19.4. The van der Waals surface area contributed by atoms with E-state index in [4.69, 9.17) is 19.4 Å². The van der Waals surface area contributed by atoms with Gasteiger partial charge >= 0.3 is 36.4 Å². The molecule has 0 unspecified atom stereocenters. The minimum atomic E-state index is -4.73. The number of carbonyl (C=O) groups excluding carboxylic acids is 5. The van der Waals surface area contributed by atoms with Crippen LogP contribution >= 0.6 is 0 Å². The van der Waals surface area contributed by atoms with Crippen LogP contribution in [0.2, 0.25) is 0 Å². The Kier molecular flexibility index (Phi) is 18.4. The van der Waals surface area contributed by atoms with Crippen molar-refractivity contribution in [2.45, 2.75) is 77.8 Å². The average molecular weight is 1060 g/mol. The van der Waals surface area contributed by atoms with E-state index in [1.54, 1.807) is 62.4 Å². The second-order valence-electron chi connectivity index (χ2n) is 18.2. The Morgan fingerprint density at radius 2 is 1.01 bits per heavy atom. The Balaban J connectivity index is 0.00000305. The summed E-state index contributed by atoms with van der Waals surface area (Å²) in [6, 6.07) is 21.9. The molecule has 0 aromatic heterocycles. The third-order valence-electron chi connectivity index (χ3n) is 13.6. The van der Waals surface area contributed by atoms with Crippen LogP contribution < -0.4 is 14.9 Å². The molecule has 7 rings (SSSR count). The fraction of sp³-hybridized carbons (Fsp3) is 0.364. The number of hydrogen-bond donors (Lipinski definition) is 0. The highest BCUT2D eigenvalue weighted by Crippen LogP contribution is 2.44.